The van der Waals surface area contributed by atoms with E-state index in [0.29, 0.717) is 25.7 Å². The Morgan fingerprint density at radius 3 is 0.967 bits per heavy atom. The molecule has 0 aromatic carbocycles. The van der Waals surface area contributed by atoms with Gasteiger partial charge in [0, 0.05) is 25.7 Å². The number of aliphatic hydroxyl groups excluding tert-OH is 1. The van der Waals surface area contributed by atoms with Crippen LogP contribution in [0.5, 0.6) is 0 Å². The molecule has 0 aliphatic heterocycles. The molecule has 0 aliphatic rings. The second-order valence-corrected chi connectivity index (χ2v) is 29.7. The molecule has 0 bridgehead atoms. The molecule has 0 amide bonds. The number of hydrogen-bond donors (Lipinski definition) is 3. The van der Waals surface area contributed by atoms with Crippen molar-refractivity contribution in [2.75, 3.05) is 39.6 Å². The van der Waals surface area contributed by atoms with Crippen LogP contribution in [0.15, 0.2) is 24.3 Å². The van der Waals surface area contributed by atoms with Gasteiger partial charge in [0.1, 0.15) is 19.3 Å². The minimum absolute atomic E-state index is 0.0994. The maximum absolute atomic E-state index is 13.0. The van der Waals surface area contributed by atoms with Crippen molar-refractivity contribution in [3.05, 3.63) is 24.3 Å². The highest BCUT2D eigenvalue weighted by Gasteiger charge is 2.30. The molecule has 6 atom stereocenters. The largest absolute Gasteiger partial charge is 0.472 e. The van der Waals surface area contributed by atoms with E-state index in [2.05, 4.69) is 72.8 Å². The van der Waals surface area contributed by atoms with Crippen LogP contribution in [0.3, 0.4) is 0 Å². The minimum Gasteiger partial charge on any atom is -0.462 e. The Morgan fingerprint density at radius 2 is 0.641 bits per heavy atom. The van der Waals surface area contributed by atoms with E-state index >= 15 is 0 Å². The molecule has 0 aromatic heterocycles. The van der Waals surface area contributed by atoms with Gasteiger partial charge in [0.25, 0.3) is 0 Å². The molecule has 0 rings (SSSR count). The SMILES string of the molecule is CCCCCC/C=C\C=C/CCCCCCCC(=O)OC[C@H](COP(=O)(O)OC[C@@H](O)COP(=O)(O)OC[C@@H](COC(=O)CCCCCCCCC(C)CC)OC(=O)CCCCCCCCCCCC(C)C)OC(=O)CCCCCCCCCCCCCCC(C)C. The van der Waals surface area contributed by atoms with Gasteiger partial charge in [-0.05, 0) is 69.1 Å². The first-order chi connectivity index (χ1) is 44.3. The van der Waals surface area contributed by atoms with Gasteiger partial charge in [-0.2, -0.15) is 0 Å². The van der Waals surface area contributed by atoms with Gasteiger partial charge in [0.15, 0.2) is 12.2 Å². The molecular formula is C73H138O17P2. The summed E-state index contributed by atoms with van der Waals surface area (Å²) in [7, 11) is -9.92. The maximum atomic E-state index is 13.0. The van der Waals surface area contributed by atoms with Crippen LogP contribution in [-0.2, 0) is 65.4 Å². The third-order valence-corrected chi connectivity index (χ3v) is 18.5. The molecule has 0 saturated heterocycles. The van der Waals surface area contributed by atoms with Gasteiger partial charge in [-0.15, -0.1) is 0 Å². The van der Waals surface area contributed by atoms with E-state index in [4.69, 9.17) is 37.0 Å². The van der Waals surface area contributed by atoms with Gasteiger partial charge in [-0.1, -0.05) is 291 Å². The van der Waals surface area contributed by atoms with Crippen LogP contribution < -0.4 is 0 Å². The van der Waals surface area contributed by atoms with Gasteiger partial charge >= 0.3 is 39.5 Å². The zero-order chi connectivity index (χ0) is 68.0. The topological polar surface area (TPSA) is 237 Å². The van der Waals surface area contributed by atoms with E-state index in [0.717, 1.165) is 133 Å². The number of aliphatic hydroxyl groups is 1. The molecule has 0 aromatic rings. The summed E-state index contributed by atoms with van der Waals surface area (Å²) < 4.78 is 68.3. The van der Waals surface area contributed by atoms with Gasteiger partial charge in [0.2, 0.25) is 0 Å². The monoisotopic (exact) mass is 1350 g/mol. The molecule has 3 unspecified atom stereocenters. The predicted octanol–water partition coefficient (Wildman–Crippen LogP) is 20.6. The average molecular weight is 1350 g/mol. The highest BCUT2D eigenvalue weighted by Crippen LogP contribution is 2.45. The lowest BCUT2D eigenvalue weighted by atomic mass is 10.00. The Bertz CT molecular complexity index is 1900. The molecule has 3 N–H and O–H groups in total. The Kier molecular flexibility index (Phi) is 61.6. The lowest BCUT2D eigenvalue weighted by Gasteiger charge is -2.21. The Hall–Kier alpha value is -2.46. The van der Waals surface area contributed by atoms with Crippen LogP contribution in [-0.4, -0.2) is 96.7 Å². The number of allylic oxidation sites excluding steroid dienone is 4. The fourth-order valence-electron chi connectivity index (χ4n) is 10.5. The summed E-state index contributed by atoms with van der Waals surface area (Å²) >= 11 is 0. The zero-order valence-corrected chi connectivity index (χ0v) is 61.3. The first kappa shape index (κ1) is 89.5. The van der Waals surface area contributed by atoms with Crippen molar-refractivity contribution in [2.45, 2.75) is 362 Å². The predicted molar refractivity (Wildman–Crippen MR) is 372 cm³/mol. The highest BCUT2D eigenvalue weighted by molar-refractivity contribution is 7.47. The van der Waals surface area contributed by atoms with Crippen LogP contribution in [0.25, 0.3) is 0 Å². The number of unbranched alkanes of at least 4 members (excludes halogenated alkanes) is 33. The number of rotatable bonds is 69. The van der Waals surface area contributed by atoms with Crippen LogP contribution in [0, 0.1) is 17.8 Å². The summed E-state index contributed by atoms with van der Waals surface area (Å²) in [5, 5.41) is 10.6. The van der Waals surface area contributed by atoms with Gasteiger partial charge in [-0.3, -0.25) is 37.3 Å². The van der Waals surface area contributed by atoms with E-state index in [1.165, 1.54) is 128 Å². The lowest BCUT2D eigenvalue weighted by molar-refractivity contribution is -0.161. The fraction of sp³-hybridized carbons (Fsp3) is 0.890. The lowest BCUT2D eigenvalue weighted by Crippen LogP contribution is -2.30. The zero-order valence-electron chi connectivity index (χ0n) is 59.5. The molecule has 17 nitrogen and oxygen atoms in total. The van der Waals surface area contributed by atoms with Crippen molar-refractivity contribution >= 4 is 39.5 Å². The molecule has 0 aliphatic carbocycles. The van der Waals surface area contributed by atoms with Crippen molar-refractivity contribution in [1.29, 1.82) is 0 Å². The number of phosphoric ester groups is 2. The normalized spacial score (nSPS) is 14.6. The molecule has 92 heavy (non-hydrogen) atoms. The van der Waals surface area contributed by atoms with E-state index in [9.17, 15) is 43.2 Å². The molecule has 0 saturated carbocycles. The van der Waals surface area contributed by atoms with Crippen molar-refractivity contribution in [1.82, 2.24) is 0 Å². The average Bonchev–Trinajstić information content (AvgIpc) is 1.39. The van der Waals surface area contributed by atoms with Crippen molar-refractivity contribution in [2.24, 2.45) is 17.8 Å². The van der Waals surface area contributed by atoms with Crippen LogP contribution in [0.2, 0.25) is 0 Å². The quantitative estimate of drug-likeness (QED) is 0.0169. The van der Waals surface area contributed by atoms with E-state index < -0.39 is 97.5 Å². The van der Waals surface area contributed by atoms with Gasteiger partial charge < -0.3 is 33.8 Å². The number of hydrogen-bond acceptors (Lipinski definition) is 15. The third-order valence-electron chi connectivity index (χ3n) is 16.6. The smallest absolute Gasteiger partial charge is 0.462 e. The molecule has 0 heterocycles. The number of carbonyl (C=O) groups excluding carboxylic acids is 4. The van der Waals surface area contributed by atoms with Crippen molar-refractivity contribution in [3.63, 3.8) is 0 Å². The molecule has 0 radical (unpaired) electrons. The first-order valence-electron chi connectivity index (χ1n) is 37.2. The number of ether oxygens (including phenoxy) is 4. The van der Waals surface area contributed by atoms with Crippen molar-refractivity contribution in [3.8, 4) is 0 Å². The van der Waals surface area contributed by atoms with Crippen LogP contribution in [0.1, 0.15) is 344 Å². The Labute approximate surface area is 561 Å². The third kappa shape index (κ3) is 64.9. The van der Waals surface area contributed by atoms with Gasteiger partial charge in [0.05, 0.1) is 26.4 Å². The van der Waals surface area contributed by atoms with Crippen LogP contribution in [0.4, 0.5) is 0 Å². The summed E-state index contributed by atoms with van der Waals surface area (Å²) in [4.78, 5) is 72.6. The van der Waals surface area contributed by atoms with Crippen LogP contribution >= 0.6 is 15.6 Å². The molecule has 542 valence electrons. The molecular weight excluding hydrogens is 1210 g/mol. The second kappa shape index (κ2) is 63.3. The molecule has 0 spiro atoms. The standard InChI is InChI=1S/C73H138O17P2/c1-8-10-11-12-13-14-15-16-17-18-22-27-32-40-47-54-70(75)83-60-68(89-72(77)56-49-42-33-28-23-20-19-21-25-30-37-44-51-64(3)4)62-87-91(79,80)85-58-67(74)59-86-92(81,82)88-63-69(61-84-71(76)55-48-41-36-35-39-46-53-66(7)9-2)90-73(78)57-50-43-34-29-24-26-31-38-45-52-65(5)6/h14-17,64-69,74H,8-13,18-63H2,1-7H3,(H,79,80)(H,81,82)/b15-14-,17-16-/t66?,67-,68-,69-/m1/s1. The first-order valence-corrected chi connectivity index (χ1v) is 40.2. The summed E-state index contributed by atoms with van der Waals surface area (Å²) in [6.07, 6.45) is 50.8. The summed E-state index contributed by atoms with van der Waals surface area (Å²) in [5.41, 5.74) is 0. The summed E-state index contributed by atoms with van der Waals surface area (Å²) in [6.45, 7) is 11.7. The number of phosphoric acid groups is 2. The summed E-state index contributed by atoms with van der Waals surface area (Å²) in [6, 6.07) is 0. The maximum Gasteiger partial charge on any atom is 0.472 e. The minimum atomic E-state index is -4.96. The van der Waals surface area contributed by atoms with Crippen molar-refractivity contribution < 1.29 is 80.2 Å². The van der Waals surface area contributed by atoms with E-state index in [1.807, 2.05) is 0 Å². The molecule has 19 heteroatoms. The Morgan fingerprint density at radius 1 is 0.359 bits per heavy atom. The number of carbonyl (C=O) groups is 4. The number of esters is 4. The Balaban J connectivity index is 5.30. The second-order valence-electron chi connectivity index (χ2n) is 26.8. The van der Waals surface area contributed by atoms with E-state index in [1.54, 1.807) is 0 Å². The summed E-state index contributed by atoms with van der Waals surface area (Å²) in [5.74, 6) is 0.0841. The van der Waals surface area contributed by atoms with Gasteiger partial charge in [-0.25, -0.2) is 9.13 Å². The van der Waals surface area contributed by atoms with E-state index in [-0.39, 0.29) is 25.7 Å². The molecule has 0 fully saturated rings. The highest BCUT2D eigenvalue weighted by atomic mass is 31.2. The fourth-order valence-corrected chi connectivity index (χ4v) is 12.1.